The van der Waals surface area contributed by atoms with E-state index in [9.17, 15) is 13.2 Å². The summed E-state index contributed by atoms with van der Waals surface area (Å²) in [6.45, 7) is 6.22. The molecule has 0 spiro atoms. The lowest BCUT2D eigenvalue weighted by atomic mass is 9.81. The Labute approximate surface area is 150 Å². The lowest BCUT2D eigenvalue weighted by Crippen LogP contribution is -2.54. The Morgan fingerprint density at radius 1 is 1.40 bits per heavy atom. The highest BCUT2D eigenvalue weighted by Crippen LogP contribution is 2.36. The second-order valence-electron chi connectivity index (χ2n) is 6.55. The van der Waals surface area contributed by atoms with Gasteiger partial charge in [-0.25, -0.2) is 8.42 Å². The molecule has 142 valence electrons. The van der Waals surface area contributed by atoms with Crippen LogP contribution in [-0.4, -0.2) is 63.9 Å². The molecule has 2 unspecified atom stereocenters. The molecule has 2 aliphatic rings. The normalized spacial score (nSPS) is 27.7. The summed E-state index contributed by atoms with van der Waals surface area (Å²) in [6.07, 6.45) is 5.30. The fraction of sp³-hybridized carbons (Fsp3) is 0.706. The van der Waals surface area contributed by atoms with Crippen LogP contribution in [0.25, 0.3) is 0 Å². The van der Waals surface area contributed by atoms with Gasteiger partial charge in [-0.1, -0.05) is 6.92 Å². The molecule has 25 heavy (non-hydrogen) atoms. The summed E-state index contributed by atoms with van der Waals surface area (Å²) in [6, 6.07) is 0. The Hall–Kier alpha value is -1.38. The third kappa shape index (κ3) is 4.07. The predicted octanol–water partition coefficient (Wildman–Crippen LogP) is 0.395. The average Bonchev–Trinajstić information content (AvgIpc) is 3.07. The van der Waals surface area contributed by atoms with Crippen LogP contribution >= 0.6 is 0 Å². The molecule has 0 radical (unpaired) electrons. The zero-order chi connectivity index (χ0) is 18.7. The van der Waals surface area contributed by atoms with Crippen molar-refractivity contribution in [3.8, 4) is 0 Å². The lowest BCUT2D eigenvalue weighted by Gasteiger charge is -2.40. The molecule has 7 nitrogen and oxygen atoms in total. The van der Waals surface area contributed by atoms with Gasteiger partial charge in [0, 0.05) is 25.9 Å². The van der Waals surface area contributed by atoms with Gasteiger partial charge in [0.2, 0.25) is 5.91 Å². The predicted molar refractivity (Wildman–Crippen MR) is 97.4 cm³/mol. The van der Waals surface area contributed by atoms with E-state index in [1.165, 1.54) is 6.08 Å². The Morgan fingerprint density at radius 2 is 2.04 bits per heavy atom. The summed E-state index contributed by atoms with van der Waals surface area (Å²) in [5, 5.41) is 2.79. The molecule has 1 saturated heterocycles. The molecule has 2 atom stereocenters. The summed E-state index contributed by atoms with van der Waals surface area (Å²) in [7, 11) is -1.98. The molecular weight excluding hydrogens is 342 g/mol. The first-order valence-electron chi connectivity index (χ1n) is 8.78. The Balaban J connectivity index is 2.47. The zero-order valence-corrected chi connectivity index (χ0v) is 16.1. The van der Waals surface area contributed by atoms with Crippen LogP contribution in [0.5, 0.6) is 0 Å². The van der Waals surface area contributed by atoms with Gasteiger partial charge in [-0.05, 0) is 45.0 Å². The maximum Gasteiger partial charge on any atom is 0.230 e. The number of nitrogens with two attached hydrogens (primary N) is 1. The Bertz CT molecular complexity index is 665. The van der Waals surface area contributed by atoms with Gasteiger partial charge in [0.25, 0.3) is 0 Å². The second-order valence-corrected chi connectivity index (χ2v) is 8.80. The van der Waals surface area contributed by atoms with Crippen molar-refractivity contribution in [2.75, 3.05) is 39.0 Å². The number of rotatable bonds is 7. The molecule has 1 aliphatic heterocycles. The van der Waals surface area contributed by atoms with E-state index in [4.69, 9.17) is 10.5 Å². The highest BCUT2D eigenvalue weighted by Gasteiger charge is 2.46. The van der Waals surface area contributed by atoms with Crippen molar-refractivity contribution in [3.63, 3.8) is 0 Å². The van der Waals surface area contributed by atoms with E-state index in [-0.39, 0.29) is 22.3 Å². The summed E-state index contributed by atoms with van der Waals surface area (Å²) in [4.78, 5) is 15.0. The number of likely N-dealkylation sites (tertiary alicyclic amines) is 1. The van der Waals surface area contributed by atoms with Gasteiger partial charge in [-0.3, -0.25) is 4.79 Å². The minimum absolute atomic E-state index is 0.0281. The zero-order valence-electron chi connectivity index (χ0n) is 15.2. The van der Waals surface area contributed by atoms with Gasteiger partial charge in [-0.2, -0.15) is 0 Å². The van der Waals surface area contributed by atoms with Crippen LogP contribution in [0.2, 0.25) is 0 Å². The third-order valence-corrected chi connectivity index (χ3v) is 6.73. The lowest BCUT2D eigenvalue weighted by molar-refractivity contribution is -0.132. The molecule has 0 saturated carbocycles. The number of nitrogens with zero attached hydrogens (tertiary/aromatic N) is 1. The second kappa shape index (κ2) is 7.88. The van der Waals surface area contributed by atoms with E-state index in [0.717, 1.165) is 25.9 Å². The number of nitrogens with one attached hydrogen (secondary N) is 1. The maximum absolute atomic E-state index is 12.7. The number of amides is 1. The molecule has 2 rings (SSSR count). The number of sulfone groups is 1. The van der Waals surface area contributed by atoms with Crippen molar-refractivity contribution in [1.82, 2.24) is 10.2 Å². The van der Waals surface area contributed by atoms with Crippen molar-refractivity contribution < 1.29 is 17.9 Å². The van der Waals surface area contributed by atoms with Crippen LogP contribution in [0.3, 0.4) is 0 Å². The number of hydrogen-bond donors (Lipinski definition) is 2. The van der Waals surface area contributed by atoms with E-state index in [1.807, 2.05) is 6.92 Å². The number of carbonyl (C=O) groups excluding carboxylic acids is 1. The first-order valence-corrected chi connectivity index (χ1v) is 10.4. The van der Waals surface area contributed by atoms with E-state index in [2.05, 4.69) is 10.2 Å². The molecular formula is C17H29N3O4S. The van der Waals surface area contributed by atoms with Crippen LogP contribution in [0, 0.1) is 5.92 Å². The maximum atomic E-state index is 12.7. The highest BCUT2D eigenvalue weighted by atomic mass is 32.2. The van der Waals surface area contributed by atoms with Crippen molar-refractivity contribution in [1.29, 1.82) is 0 Å². The number of methoxy groups -OCH3 is 1. The van der Waals surface area contributed by atoms with E-state index < -0.39 is 21.4 Å². The minimum atomic E-state index is -3.52. The molecule has 8 heteroatoms. The summed E-state index contributed by atoms with van der Waals surface area (Å²) >= 11 is 0. The molecule has 3 N–H and O–H groups in total. The van der Waals surface area contributed by atoms with Crippen molar-refractivity contribution in [2.24, 2.45) is 11.7 Å². The molecule has 0 aromatic rings. The van der Waals surface area contributed by atoms with Gasteiger partial charge in [0.05, 0.1) is 16.6 Å². The quantitative estimate of drug-likeness (QED) is 0.671. The molecule has 0 aromatic heterocycles. The van der Waals surface area contributed by atoms with Crippen molar-refractivity contribution >= 4 is 15.7 Å². The summed E-state index contributed by atoms with van der Waals surface area (Å²) < 4.78 is 30.5. The molecule has 1 heterocycles. The molecule has 1 aliphatic carbocycles. The third-order valence-electron chi connectivity index (χ3n) is 4.93. The van der Waals surface area contributed by atoms with Gasteiger partial charge >= 0.3 is 0 Å². The number of hydrogen-bond acceptors (Lipinski definition) is 6. The minimum Gasteiger partial charge on any atom is -0.398 e. The Kier molecular flexibility index (Phi) is 6.29. The summed E-state index contributed by atoms with van der Waals surface area (Å²) in [5.41, 5.74) is 5.27. The van der Waals surface area contributed by atoms with E-state index >= 15 is 0 Å². The largest absolute Gasteiger partial charge is 0.398 e. The van der Waals surface area contributed by atoms with Gasteiger partial charge in [-0.15, -0.1) is 0 Å². The standard InChI is InChI=1S/C17H29N3O4S/c1-4-19-16(21)13-10-15(25(22,23)5-2)14(18)11-17(13,24-3)12-20-8-6-7-9-20/h10-11,13H,4-9,12,18H2,1-3H3,(H,19,21). The van der Waals surface area contributed by atoms with Crippen LogP contribution in [-0.2, 0) is 19.4 Å². The van der Waals surface area contributed by atoms with Gasteiger partial charge < -0.3 is 20.7 Å². The van der Waals surface area contributed by atoms with Gasteiger partial charge in [0.1, 0.15) is 5.60 Å². The molecule has 1 amide bonds. The SMILES string of the molecule is CCNC(=O)C1C=C(S(=O)(=O)CC)C(N)=CC1(CN1CCCC1)OC. The first kappa shape index (κ1) is 19.9. The van der Waals surface area contributed by atoms with Crippen LogP contribution in [0.15, 0.2) is 22.8 Å². The molecule has 0 bridgehead atoms. The van der Waals surface area contributed by atoms with Gasteiger partial charge in [0.15, 0.2) is 9.84 Å². The number of ether oxygens (including phenoxy) is 1. The van der Waals surface area contributed by atoms with Crippen molar-refractivity contribution in [2.45, 2.75) is 32.3 Å². The fourth-order valence-corrected chi connectivity index (χ4v) is 4.59. The topological polar surface area (TPSA) is 102 Å². The average molecular weight is 372 g/mol. The van der Waals surface area contributed by atoms with Crippen LogP contribution in [0.1, 0.15) is 26.7 Å². The smallest absolute Gasteiger partial charge is 0.230 e. The van der Waals surface area contributed by atoms with E-state index in [1.54, 1.807) is 20.1 Å². The van der Waals surface area contributed by atoms with Crippen LogP contribution in [0.4, 0.5) is 0 Å². The van der Waals surface area contributed by atoms with Crippen LogP contribution < -0.4 is 11.1 Å². The van der Waals surface area contributed by atoms with Crippen molar-refractivity contribution in [3.05, 3.63) is 22.8 Å². The first-order chi connectivity index (χ1) is 11.8. The number of carbonyl (C=O) groups is 1. The molecule has 1 fully saturated rings. The van der Waals surface area contributed by atoms with E-state index in [0.29, 0.717) is 13.1 Å². The molecule has 0 aromatic carbocycles. The highest BCUT2D eigenvalue weighted by molar-refractivity contribution is 7.95. The summed E-state index contributed by atoms with van der Waals surface area (Å²) in [5.74, 6) is -1.07. The Morgan fingerprint density at radius 3 is 2.56 bits per heavy atom. The monoisotopic (exact) mass is 371 g/mol. The fourth-order valence-electron chi connectivity index (χ4n) is 3.52.